The molecular weight excluding hydrogens is 338 g/mol. The van der Waals surface area contributed by atoms with Crippen LogP contribution >= 0.6 is 11.8 Å². The van der Waals surface area contributed by atoms with Crippen LogP contribution in [0.25, 0.3) is 0 Å². The van der Waals surface area contributed by atoms with E-state index in [4.69, 9.17) is 14.2 Å². The van der Waals surface area contributed by atoms with Gasteiger partial charge in [-0.05, 0) is 36.8 Å². The summed E-state index contributed by atoms with van der Waals surface area (Å²) in [6, 6.07) is 5.90. The van der Waals surface area contributed by atoms with Gasteiger partial charge >= 0.3 is 0 Å². The van der Waals surface area contributed by atoms with E-state index in [9.17, 15) is 0 Å². The van der Waals surface area contributed by atoms with E-state index in [0.29, 0.717) is 6.54 Å². The SMILES string of the molecule is CN=C(NCc1ccc(OC)c(OC)c1)NCC1(SC)CCOCC1. The van der Waals surface area contributed by atoms with Crippen LogP contribution in [0.5, 0.6) is 11.5 Å². The Balaban J connectivity index is 1.90. The van der Waals surface area contributed by atoms with Gasteiger partial charge in [-0.2, -0.15) is 11.8 Å². The zero-order valence-electron chi connectivity index (χ0n) is 15.6. The Labute approximate surface area is 154 Å². The molecule has 0 aliphatic carbocycles. The number of ether oxygens (including phenoxy) is 3. The molecule has 2 rings (SSSR count). The molecule has 0 bridgehead atoms. The zero-order chi connectivity index (χ0) is 18.1. The molecule has 25 heavy (non-hydrogen) atoms. The first-order valence-corrected chi connectivity index (χ1v) is 9.67. The highest BCUT2D eigenvalue weighted by Gasteiger charge is 2.31. The van der Waals surface area contributed by atoms with Gasteiger partial charge in [-0.3, -0.25) is 4.99 Å². The lowest BCUT2D eigenvalue weighted by molar-refractivity contribution is 0.0783. The van der Waals surface area contributed by atoms with Gasteiger partial charge in [0.15, 0.2) is 17.5 Å². The van der Waals surface area contributed by atoms with Gasteiger partial charge < -0.3 is 24.8 Å². The molecule has 1 fully saturated rings. The third-order valence-electron chi connectivity index (χ3n) is 4.55. The molecule has 1 aliphatic rings. The lowest BCUT2D eigenvalue weighted by Crippen LogP contribution is -2.47. The van der Waals surface area contributed by atoms with E-state index in [-0.39, 0.29) is 4.75 Å². The number of methoxy groups -OCH3 is 2. The summed E-state index contributed by atoms with van der Waals surface area (Å²) in [6.07, 6.45) is 4.30. The normalized spacial score (nSPS) is 17.0. The summed E-state index contributed by atoms with van der Waals surface area (Å²) in [5.41, 5.74) is 1.10. The van der Waals surface area contributed by atoms with Crippen molar-refractivity contribution in [3.63, 3.8) is 0 Å². The molecule has 140 valence electrons. The van der Waals surface area contributed by atoms with Gasteiger partial charge in [0.1, 0.15) is 0 Å². The number of hydrogen-bond acceptors (Lipinski definition) is 5. The van der Waals surface area contributed by atoms with E-state index in [1.54, 1.807) is 21.3 Å². The van der Waals surface area contributed by atoms with Crippen molar-refractivity contribution in [1.82, 2.24) is 10.6 Å². The second kappa shape index (κ2) is 9.77. The molecule has 1 heterocycles. The minimum atomic E-state index is 0.221. The molecule has 0 atom stereocenters. The van der Waals surface area contributed by atoms with Crippen LogP contribution in [0.2, 0.25) is 0 Å². The van der Waals surface area contributed by atoms with E-state index in [1.807, 2.05) is 30.0 Å². The minimum Gasteiger partial charge on any atom is -0.493 e. The van der Waals surface area contributed by atoms with Crippen LogP contribution in [0, 0.1) is 0 Å². The van der Waals surface area contributed by atoms with Crippen molar-refractivity contribution in [2.24, 2.45) is 4.99 Å². The summed E-state index contributed by atoms with van der Waals surface area (Å²) in [6.45, 7) is 3.21. The molecule has 0 spiro atoms. The number of nitrogens with one attached hydrogen (secondary N) is 2. The highest BCUT2D eigenvalue weighted by molar-refractivity contribution is 8.00. The van der Waals surface area contributed by atoms with Gasteiger partial charge in [0.25, 0.3) is 0 Å². The van der Waals surface area contributed by atoms with Gasteiger partial charge in [0, 0.05) is 38.1 Å². The number of benzene rings is 1. The summed E-state index contributed by atoms with van der Waals surface area (Å²) < 4.78 is 16.3. The highest BCUT2D eigenvalue weighted by atomic mass is 32.2. The number of rotatable bonds is 7. The first-order chi connectivity index (χ1) is 12.2. The Hall–Kier alpha value is -1.60. The molecule has 7 heteroatoms. The quantitative estimate of drug-likeness (QED) is 0.569. The lowest BCUT2D eigenvalue weighted by atomic mass is 9.99. The third-order valence-corrected chi connectivity index (χ3v) is 5.97. The molecule has 1 aromatic rings. The van der Waals surface area contributed by atoms with Crippen molar-refractivity contribution in [3.05, 3.63) is 23.8 Å². The monoisotopic (exact) mass is 367 g/mol. The van der Waals surface area contributed by atoms with Crippen molar-refractivity contribution >= 4 is 17.7 Å². The minimum absolute atomic E-state index is 0.221. The fourth-order valence-corrected chi connectivity index (χ4v) is 3.63. The smallest absolute Gasteiger partial charge is 0.191 e. The van der Waals surface area contributed by atoms with Gasteiger partial charge in [0.2, 0.25) is 0 Å². The van der Waals surface area contributed by atoms with Crippen molar-refractivity contribution in [3.8, 4) is 11.5 Å². The topological polar surface area (TPSA) is 64.1 Å². The van der Waals surface area contributed by atoms with Crippen LogP contribution in [0.15, 0.2) is 23.2 Å². The van der Waals surface area contributed by atoms with E-state index in [2.05, 4.69) is 21.9 Å². The van der Waals surface area contributed by atoms with E-state index in [0.717, 1.165) is 55.6 Å². The predicted molar refractivity (Wildman–Crippen MR) is 104 cm³/mol. The molecule has 0 unspecified atom stereocenters. The summed E-state index contributed by atoms with van der Waals surface area (Å²) in [7, 11) is 5.07. The zero-order valence-corrected chi connectivity index (χ0v) is 16.4. The average molecular weight is 368 g/mol. The standard InChI is InChI=1S/C18H29N3O3S/c1-19-17(21-13-18(25-4)7-9-24-10-8-18)20-12-14-5-6-15(22-2)16(11-14)23-3/h5-6,11H,7-10,12-13H2,1-4H3,(H2,19,20,21). The Bertz CT molecular complexity index is 575. The molecule has 6 nitrogen and oxygen atoms in total. The van der Waals surface area contributed by atoms with E-state index < -0.39 is 0 Å². The molecule has 1 saturated heterocycles. The van der Waals surface area contributed by atoms with Crippen molar-refractivity contribution in [2.45, 2.75) is 24.1 Å². The Morgan fingerprint density at radius 3 is 2.52 bits per heavy atom. The van der Waals surface area contributed by atoms with Crippen LogP contribution in [0.1, 0.15) is 18.4 Å². The highest BCUT2D eigenvalue weighted by Crippen LogP contribution is 2.33. The molecule has 0 amide bonds. The van der Waals surface area contributed by atoms with Crippen LogP contribution < -0.4 is 20.1 Å². The Morgan fingerprint density at radius 1 is 1.20 bits per heavy atom. The van der Waals surface area contributed by atoms with Crippen LogP contribution in [-0.4, -0.2) is 58.0 Å². The number of guanidine groups is 1. The first-order valence-electron chi connectivity index (χ1n) is 8.44. The largest absolute Gasteiger partial charge is 0.493 e. The Morgan fingerprint density at radius 2 is 1.92 bits per heavy atom. The molecule has 0 saturated carbocycles. The molecule has 2 N–H and O–H groups in total. The molecule has 0 radical (unpaired) electrons. The van der Waals surface area contributed by atoms with E-state index >= 15 is 0 Å². The van der Waals surface area contributed by atoms with Crippen LogP contribution in [0.4, 0.5) is 0 Å². The maximum atomic E-state index is 5.50. The summed E-state index contributed by atoms with van der Waals surface area (Å²) in [5.74, 6) is 2.26. The van der Waals surface area contributed by atoms with Gasteiger partial charge in [-0.25, -0.2) is 0 Å². The number of aliphatic imine (C=N–C) groups is 1. The molecule has 1 aromatic carbocycles. The number of hydrogen-bond donors (Lipinski definition) is 2. The Kier molecular flexibility index (Phi) is 7.71. The maximum absolute atomic E-state index is 5.50. The summed E-state index contributed by atoms with van der Waals surface area (Å²) in [5, 5.41) is 6.82. The fraction of sp³-hybridized carbons (Fsp3) is 0.611. The third kappa shape index (κ3) is 5.44. The van der Waals surface area contributed by atoms with Crippen molar-refractivity contribution in [2.75, 3.05) is 47.3 Å². The molecule has 1 aliphatic heterocycles. The van der Waals surface area contributed by atoms with Crippen molar-refractivity contribution in [1.29, 1.82) is 0 Å². The van der Waals surface area contributed by atoms with Gasteiger partial charge in [-0.1, -0.05) is 6.07 Å². The summed E-state index contributed by atoms with van der Waals surface area (Å²) in [4.78, 5) is 4.33. The van der Waals surface area contributed by atoms with Gasteiger partial charge in [0.05, 0.1) is 14.2 Å². The second-order valence-corrected chi connectivity index (χ2v) is 7.24. The van der Waals surface area contributed by atoms with Crippen LogP contribution in [0.3, 0.4) is 0 Å². The van der Waals surface area contributed by atoms with Crippen LogP contribution in [-0.2, 0) is 11.3 Å². The second-order valence-electron chi connectivity index (χ2n) is 5.97. The molecule has 0 aromatic heterocycles. The average Bonchev–Trinajstić information content (AvgIpc) is 2.68. The first kappa shape index (κ1) is 19.7. The van der Waals surface area contributed by atoms with Crippen molar-refractivity contribution < 1.29 is 14.2 Å². The van der Waals surface area contributed by atoms with Gasteiger partial charge in [-0.15, -0.1) is 0 Å². The van der Waals surface area contributed by atoms with E-state index in [1.165, 1.54) is 0 Å². The number of nitrogens with zero attached hydrogens (tertiary/aromatic N) is 1. The lowest BCUT2D eigenvalue weighted by Gasteiger charge is -2.36. The summed E-state index contributed by atoms with van der Waals surface area (Å²) >= 11 is 1.91. The molecular formula is C18H29N3O3S. The fourth-order valence-electron chi connectivity index (χ4n) is 2.84. The number of thioether (sulfide) groups is 1. The predicted octanol–water partition coefficient (Wildman–Crippen LogP) is 2.28. The maximum Gasteiger partial charge on any atom is 0.191 e.